The van der Waals surface area contributed by atoms with E-state index in [1.54, 1.807) is 0 Å². The minimum Gasteiger partial charge on any atom is -0.375 e. The van der Waals surface area contributed by atoms with Crippen LogP contribution in [0.2, 0.25) is 0 Å². The van der Waals surface area contributed by atoms with Crippen LogP contribution in [0.15, 0.2) is 24.3 Å². The fourth-order valence-corrected chi connectivity index (χ4v) is 1.64. The maximum atomic E-state index is 3.18. The predicted molar refractivity (Wildman–Crippen MR) is 51.0 cm³/mol. The van der Waals surface area contributed by atoms with Crippen molar-refractivity contribution in [2.24, 2.45) is 0 Å². The van der Waals surface area contributed by atoms with Crippen LogP contribution in [-0.2, 0) is 5.41 Å². The van der Waals surface area contributed by atoms with E-state index in [2.05, 4.69) is 50.0 Å². The van der Waals surface area contributed by atoms with Crippen molar-refractivity contribution >= 4 is 5.69 Å². The molecule has 0 amide bonds. The Labute approximate surface area is 73.8 Å². The summed E-state index contributed by atoms with van der Waals surface area (Å²) in [5, 5.41) is 3.17. The maximum absolute atomic E-state index is 3.18. The van der Waals surface area contributed by atoms with E-state index in [9.17, 15) is 0 Å². The van der Waals surface area contributed by atoms with E-state index < -0.39 is 0 Å². The first-order valence-electron chi connectivity index (χ1n) is 4.28. The Morgan fingerprint density at radius 2 is 2.08 bits per heavy atom. The minimum atomic E-state index is 0.238. The average molecular weight is 159 g/mol. The van der Waals surface area contributed by atoms with Crippen LogP contribution in [0.5, 0.6) is 0 Å². The van der Waals surface area contributed by atoms with Gasteiger partial charge in [-0.15, -0.1) is 0 Å². The summed E-state index contributed by atoms with van der Waals surface area (Å²) in [4.78, 5) is 0. The van der Waals surface area contributed by atoms with Gasteiger partial charge in [0.25, 0.3) is 0 Å². The highest BCUT2D eigenvalue weighted by molar-refractivity contribution is 5.57. The third kappa shape index (κ3) is 1.09. The standard InChI is InChI=1S/C11H13N/c1-11(2)7-8-12-10-6-4-3-5-9(10)11/h3-6,12H,7H2,1-2H3. The van der Waals surface area contributed by atoms with Gasteiger partial charge in [0.05, 0.1) is 6.54 Å². The van der Waals surface area contributed by atoms with Crippen LogP contribution in [0.1, 0.15) is 25.8 Å². The van der Waals surface area contributed by atoms with Gasteiger partial charge in [-0.2, -0.15) is 0 Å². The molecule has 0 spiro atoms. The first-order valence-corrected chi connectivity index (χ1v) is 4.28. The summed E-state index contributed by atoms with van der Waals surface area (Å²) in [5.74, 6) is 0. The van der Waals surface area contributed by atoms with Gasteiger partial charge in [0.1, 0.15) is 0 Å². The largest absolute Gasteiger partial charge is 0.375 e. The van der Waals surface area contributed by atoms with Crippen LogP contribution in [0.25, 0.3) is 0 Å². The molecule has 62 valence electrons. The summed E-state index contributed by atoms with van der Waals surface area (Å²) in [6.07, 6.45) is 0.976. The summed E-state index contributed by atoms with van der Waals surface area (Å²) in [5.41, 5.74) is 2.83. The molecule has 0 saturated carbocycles. The van der Waals surface area contributed by atoms with Crippen LogP contribution in [0, 0.1) is 6.54 Å². The van der Waals surface area contributed by atoms with Gasteiger partial charge in [-0.05, 0) is 23.5 Å². The molecule has 1 aliphatic rings. The van der Waals surface area contributed by atoms with Crippen LogP contribution in [0.3, 0.4) is 0 Å². The number of benzene rings is 1. The number of anilines is 1. The molecule has 2 radical (unpaired) electrons. The van der Waals surface area contributed by atoms with Crippen LogP contribution >= 0.6 is 0 Å². The molecule has 2 rings (SSSR count). The lowest BCUT2D eigenvalue weighted by Gasteiger charge is -2.32. The topological polar surface area (TPSA) is 12.0 Å². The van der Waals surface area contributed by atoms with Crippen molar-refractivity contribution in [2.45, 2.75) is 25.7 Å². The quantitative estimate of drug-likeness (QED) is 0.613. The van der Waals surface area contributed by atoms with Crippen molar-refractivity contribution < 1.29 is 0 Å². The Bertz CT molecular complexity index is 289. The average Bonchev–Trinajstić information content (AvgIpc) is 2.04. The van der Waals surface area contributed by atoms with Crippen molar-refractivity contribution in [3.8, 4) is 0 Å². The SMILES string of the molecule is CC1(C)C[C]Nc2ccccc21. The molecule has 1 heteroatoms. The molecule has 1 nitrogen and oxygen atoms in total. The molecule has 0 aromatic heterocycles. The lowest BCUT2D eigenvalue weighted by atomic mass is 9.78. The van der Waals surface area contributed by atoms with Gasteiger partial charge in [-0.3, -0.25) is 0 Å². The van der Waals surface area contributed by atoms with Crippen molar-refractivity contribution in [3.63, 3.8) is 0 Å². The van der Waals surface area contributed by atoms with E-state index in [4.69, 9.17) is 0 Å². The highest BCUT2D eigenvalue weighted by Crippen LogP contribution is 2.37. The van der Waals surface area contributed by atoms with Gasteiger partial charge < -0.3 is 5.32 Å². The number of nitrogens with one attached hydrogen (secondary N) is 1. The lowest BCUT2D eigenvalue weighted by molar-refractivity contribution is 0.508. The van der Waals surface area contributed by atoms with E-state index in [1.165, 1.54) is 11.3 Å². The van der Waals surface area contributed by atoms with Gasteiger partial charge in [-0.1, -0.05) is 32.0 Å². The zero-order valence-electron chi connectivity index (χ0n) is 7.52. The Balaban J connectivity index is 2.52. The first kappa shape index (κ1) is 7.66. The monoisotopic (exact) mass is 159 g/mol. The normalized spacial score (nSPS) is 19.5. The van der Waals surface area contributed by atoms with E-state index in [0.717, 1.165) is 6.42 Å². The van der Waals surface area contributed by atoms with E-state index in [0.29, 0.717) is 0 Å². The molecule has 0 fully saturated rings. The van der Waals surface area contributed by atoms with Gasteiger partial charge in [0.2, 0.25) is 0 Å². The molecule has 12 heavy (non-hydrogen) atoms. The number of para-hydroxylation sites is 1. The van der Waals surface area contributed by atoms with Gasteiger partial charge in [0, 0.05) is 5.69 Å². The molecule has 0 bridgehead atoms. The highest BCUT2D eigenvalue weighted by Gasteiger charge is 2.26. The smallest absolute Gasteiger partial charge is 0.0889 e. The third-order valence-electron chi connectivity index (χ3n) is 2.41. The molecular weight excluding hydrogens is 146 g/mol. The van der Waals surface area contributed by atoms with Crippen LogP contribution in [-0.4, -0.2) is 0 Å². The second-order valence-corrected chi connectivity index (χ2v) is 3.91. The Morgan fingerprint density at radius 3 is 2.83 bits per heavy atom. The summed E-state index contributed by atoms with van der Waals surface area (Å²) in [6, 6.07) is 8.43. The fraction of sp³-hybridized carbons (Fsp3) is 0.364. The second kappa shape index (κ2) is 2.51. The summed E-state index contributed by atoms with van der Waals surface area (Å²) in [6.45, 7) is 7.68. The lowest BCUT2D eigenvalue weighted by Crippen LogP contribution is -2.25. The predicted octanol–water partition coefficient (Wildman–Crippen LogP) is 2.82. The minimum absolute atomic E-state index is 0.238. The van der Waals surface area contributed by atoms with E-state index >= 15 is 0 Å². The summed E-state index contributed by atoms with van der Waals surface area (Å²) in [7, 11) is 0. The maximum Gasteiger partial charge on any atom is 0.0889 e. The Hall–Kier alpha value is -0.980. The molecule has 0 aliphatic carbocycles. The number of hydrogen-bond acceptors (Lipinski definition) is 1. The highest BCUT2D eigenvalue weighted by atomic mass is 14.9. The van der Waals surface area contributed by atoms with E-state index in [-0.39, 0.29) is 5.41 Å². The van der Waals surface area contributed by atoms with Crippen molar-refractivity contribution in [1.82, 2.24) is 0 Å². The number of hydrogen-bond donors (Lipinski definition) is 1. The molecule has 1 aromatic carbocycles. The zero-order chi connectivity index (χ0) is 8.60. The number of fused-ring (bicyclic) bond motifs is 1. The van der Waals surface area contributed by atoms with Gasteiger partial charge >= 0.3 is 0 Å². The molecule has 0 atom stereocenters. The molecular formula is C11H13N. The summed E-state index contributed by atoms with van der Waals surface area (Å²) < 4.78 is 0. The van der Waals surface area contributed by atoms with Gasteiger partial charge in [-0.25, -0.2) is 0 Å². The van der Waals surface area contributed by atoms with Crippen molar-refractivity contribution in [2.75, 3.05) is 5.32 Å². The fourth-order valence-electron chi connectivity index (χ4n) is 1.64. The molecule has 1 aromatic rings. The second-order valence-electron chi connectivity index (χ2n) is 3.91. The van der Waals surface area contributed by atoms with Crippen LogP contribution in [0.4, 0.5) is 5.69 Å². The zero-order valence-corrected chi connectivity index (χ0v) is 7.52. The Kier molecular flexibility index (Phi) is 1.60. The van der Waals surface area contributed by atoms with Gasteiger partial charge in [0.15, 0.2) is 0 Å². The first-order chi connectivity index (χ1) is 5.70. The summed E-state index contributed by atoms with van der Waals surface area (Å²) >= 11 is 0. The third-order valence-corrected chi connectivity index (χ3v) is 2.41. The number of rotatable bonds is 0. The van der Waals surface area contributed by atoms with E-state index in [1.807, 2.05) is 0 Å². The van der Waals surface area contributed by atoms with Crippen molar-refractivity contribution in [3.05, 3.63) is 36.4 Å². The Morgan fingerprint density at radius 1 is 1.33 bits per heavy atom. The molecule has 0 unspecified atom stereocenters. The van der Waals surface area contributed by atoms with Crippen molar-refractivity contribution in [1.29, 1.82) is 0 Å². The van der Waals surface area contributed by atoms with Crippen LogP contribution < -0.4 is 5.32 Å². The molecule has 0 saturated heterocycles. The molecule has 1 N–H and O–H groups in total. The molecule has 1 aliphatic heterocycles. The molecule has 1 heterocycles.